The van der Waals surface area contributed by atoms with Crippen LogP contribution in [0.5, 0.6) is 0 Å². The molecule has 0 bridgehead atoms. The van der Waals surface area contributed by atoms with Gasteiger partial charge < -0.3 is 10.5 Å². The zero-order chi connectivity index (χ0) is 8.72. The number of nitrogens with two attached hydrogens (primary N) is 1. The van der Waals surface area contributed by atoms with Gasteiger partial charge in [0.25, 0.3) is 0 Å². The van der Waals surface area contributed by atoms with Crippen molar-refractivity contribution in [3.63, 3.8) is 0 Å². The van der Waals surface area contributed by atoms with Gasteiger partial charge in [-0.15, -0.1) is 0 Å². The summed E-state index contributed by atoms with van der Waals surface area (Å²) >= 11 is 6.84. The van der Waals surface area contributed by atoms with E-state index >= 15 is 0 Å². The number of anilines is 1. The predicted octanol–water partition coefficient (Wildman–Crippen LogP) is 2.82. The quantitative estimate of drug-likeness (QED) is 0.746. The Balaban J connectivity index is 2.67. The van der Waals surface area contributed by atoms with Gasteiger partial charge in [0, 0.05) is 8.95 Å². The number of fused-ring (bicyclic) bond motifs is 1. The second kappa shape index (κ2) is 3.01. The third-order valence-electron chi connectivity index (χ3n) is 1.95. The molecular weight excluding hydrogens is 286 g/mol. The lowest BCUT2D eigenvalue weighted by molar-refractivity contribution is 0.134. The summed E-state index contributed by atoms with van der Waals surface area (Å²) in [7, 11) is 0. The van der Waals surface area contributed by atoms with Crippen LogP contribution in [0.25, 0.3) is 0 Å². The summed E-state index contributed by atoms with van der Waals surface area (Å²) in [5, 5.41) is 0. The van der Waals surface area contributed by atoms with Crippen LogP contribution < -0.4 is 5.73 Å². The molecule has 0 spiro atoms. The Kier molecular flexibility index (Phi) is 2.14. The van der Waals surface area contributed by atoms with Gasteiger partial charge in [0.1, 0.15) is 0 Å². The van der Waals surface area contributed by atoms with Crippen molar-refractivity contribution in [3.8, 4) is 0 Å². The van der Waals surface area contributed by atoms with Crippen molar-refractivity contribution in [2.45, 2.75) is 13.2 Å². The summed E-state index contributed by atoms with van der Waals surface area (Å²) in [6.07, 6.45) is 0. The maximum Gasteiger partial charge on any atom is 0.0736 e. The number of rotatable bonds is 0. The molecule has 1 heterocycles. The molecule has 2 nitrogen and oxygen atoms in total. The molecule has 64 valence electrons. The molecule has 0 fully saturated rings. The van der Waals surface area contributed by atoms with E-state index in [1.165, 1.54) is 11.1 Å². The fourth-order valence-electron chi connectivity index (χ4n) is 1.27. The highest BCUT2D eigenvalue weighted by Crippen LogP contribution is 2.37. The second-order valence-corrected chi connectivity index (χ2v) is 4.36. The average Bonchev–Trinajstić information content (AvgIpc) is 2.48. The van der Waals surface area contributed by atoms with Gasteiger partial charge in [0.15, 0.2) is 0 Å². The van der Waals surface area contributed by atoms with Gasteiger partial charge in [-0.2, -0.15) is 0 Å². The van der Waals surface area contributed by atoms with Crippen LogP contribution in [0.1, 0.15) is 11.1 Å². The number of benzene rings is 1. The third-order valence-corrected chi connectivity index (χ3v) is 3.51. The summed E-state index contributed by atoms with van der Waals surface area (Å²) in [6, 6.07) is 2.02. The van der Waals surface area contributed by atoms with Crippen molar-refractivity contribution in [1.29, 1.82) is 0 Å². The van der Waals surface area contributed by atoms with Gasteiger partial charge in [0.05, 0.1) is 18.9 Å². The highest BCUT2D eigenvalue weighted by molar-refractivity contribution is 9.11. The molecule has 0 amide bonds. The Labute approximate surface area is 87.3 Å². The van der Waals surface area contributed by atoms with Gasteiger partial charge in [-0.05, 0) is 49.1 Å². The summed E-state index contributed by atoms with van der Waals surface area (Å²) in [4.78, 5) is 0. The first-order chi connectivity index (χ1) is 5.70. The van der Waals surface area contributed by atoms with E-state index in [0.717, 1.165) is 14.6 Å². The Hall–Kier alpha value is -0.0600. The van der Waals surface area contributed by atoms with E-state index in [2.05, 4.69) is 31.9 Å². The smallest absolute Gasteiger partial charge is 0.0736 e. The zero-order valence-electron chi connectivity index (χ0n) is 6.23. The highest BCUT2D eigenvalue weighted by atomic mass is 79.9. The largest absolute Gasteiger partial charge is 0.397 e. The van der Waals surface area contributed by atoms with Crippen molar-refractivity contribution in [2.24, 2.45) is 0 Å². The molecule has 0 saturated carbocycles. The van der Waals surface area contributed by atoms with Gasteiger partial charge in [-0.3, -0.25) is 0 Å². The van der Waals surface area contributed by atoms with Crippen molar-refractivity contribution in [2.75, 3.05) is 5.73 Å². The molecule has 0 radical (unpaired) electrons. The Morgan fingerprint density at radius 1 is 1.33 bits per heavy atom. The molecule has 1 aromatic rings. The maximum absolute atomic E-state index is 5.81. The van der Waals surface area contributed by atoms with Gasteiger partial charge in [0.2, 0.25) is 0 Å². The van der Waals surface area contributed by atoms with E-state index in [9.17, 15) is 0 Å². The van der Waals surface area contributed by atoms with Crippen molar-refractivity contribution < 1.29 is 4.74 Å². The fourth-order valence-corrected chi connectivity index (χ4v) is 2.60. The van der Waals surface area contributed by atoms with Crippen molar-refractivity contribution in [1.82, 2.24) is 0 Å². The fraction of sp³-hybridized carbons (Fsp3) is 0.250. The first-order valence-corrected chi connectivity index (χ1v) is 5.11. The van der Waals surface area contributed by atoms with Crippen LogP contribution in [0.4, 0.5) is 5.69 Å². The molecule has 1 aliphatic heterocycles. The van der Waals surface area contributed by atoms with E-state index < -0.39 is 0 Å². The number of halogens is 2. The lowest BCUT2D eigenvalue weighted by Crippen LogP contribution is -1.93. The average molecular weight is 293 g/mol. The Morgan fingerprint density at radius 2 is 2.08 bits per heavy atom. The molecule has 0 atom stereocenters. The van der Waals surface area contributed by atoms with Crippen LogP contribution in [-0.2, 0) is 18.0 Å². The summed E-state index contributed by atoms with van der Waals surface area (Å²) in [5.41, 5.74) is 8.94. The first-order valence-electron chi connectivity index (χ1n) is 3.53. The van der Waals surface area contributed by atoms with Crippen LogP contribution in [0, 0.1) is 0 Å². The minimum absolute atomic E-state index is 0.660. The van der Waals surface area contributed by atoms with Gasteiger partial charge in [-0.1, -0.05) is 0 Å². The molecule has 12 heavy (non-hydrogen) atoms. The minimum Gasteiger partial charge on any atom is -0.397 e. The Morgan fingerprint density at radius 3 is 2.83 bits per heavy atom. The third kappa shape index (κ3) is 1.18. The molecule has 0 saturated heterocycles. The van der Waals surface area contributed by atoms with Crippen LogP contribution in [0.3, 0.4) is 0 Å². The van der Waals surface area contributed by atoms with E-state index in [1.807, 2.05) is 6.07 Å². The SMILES string of the molecule is Nc1c(Br)cc2c(c1Br)COC2. The number of hydrogen-bond donors (Lipinski definition) is 1. The Bertz CT molecular complexity index is 338. The first kappa shape index (κ1) is 8.53. The molecule has 1 aromatic carbocycles. The number of nitrogen functional groups attached to an aromatic ring is 1. The molecule has 2 N–H and O–H groups in total. The van der Waals surface area contributed by atoms with E-state index in [4.69, 9.17) is 10.5 Å². The predicted molar refractivity (Wildman–Crippen MR) is 54.7 cm³/mol. The molecule has 0 aliphatic carbocycles. The van der Waals surface area contributed by atoms with Crippen LogP contribution >= 0.6 is 31.9 Å². The van der Waals surface area contributed by atoms with E-state index in [0.29, 0.717) is 13.2 Å². The number of hydrogen-bond acceptors (Lipinski definition) is 2. The van der Waals surface area contributed by atoms with Gasteiger partial charge in [-0.25, -0.2) is 0 Å². The minimum atomic E-state index is 0.660. The second-order valence-electron chi connectivity index (χ2n) is 2.72. The molecular formula is C8H7Br2NO. The van der Waals surface area contributed by atoms with E-state index in [-0.39, 0.29) is 0 Å². The van der Waals surface area contributed by atoms with Crippen LogP contribution in [0.15, 0.2) is 15.0 Å². The van der Waals surface area contributed by atoms with E-state index in [1.54, 1.807) is 0 Å². The van der Waals surface area contributed by atoms with Crippen molar-refractivity contribution >= 4 is 37.5 Å². The standard InChI is InChI=1S/C8H7Br2NO/c9-6-1-4-2-12-3-5(4)7(10)8(6)11/h1H,2-3,11H2. The summed E-state index contributed by atoms with van der Waals surface area (Å²) in [6.45, 7) is 1.35. The number of ether oxygens (including phenoxy) is 1. The normalized spacial score (nSPS) is 14.8. The maximum atomic E-state index is 5.81. The molecule has 1 aliphatic rings. The van der Waals surface area contributed by atoms with Gasteiger partial charge >= 0.3 is 0 Å². The molecule has 4 heteroatoms. The van der Waals surface area contributed by atoms with Crippen molar-refractivity contribution in [3.05, 3.63) is 26.1 Å². The molecule has 2 rings (SSSR count). The molecule has 0 unspecified atom stereocenters. The highest BCUT2D eigenvalue weighted by Gasteiger charge is 2.17. The van der Waals surface area contributed by atoms with Crippen LogP contribution in [0.2, 0.25) is 0 Å². The van der Waals surface area contributed by atoms with Crippen LogP contribution in [-0.4, -0.2) is 0 Å². The lowest BCUT2D eigenvalue weighted by Gasteiger charge is -2.06. The molecule has 0 aromatic heterocycles. The topological polar surface area (TPSA) is 35.2 Å². The summed E-state index contributed by atoms with van der Waals surface area (Å²) in [5.74, 6) is 0. The summed E-state index contributed by atoms with van der Waals surface area (Å²) < 4.78 is 7.19. The lowest BCUT2D eigenvalue weighted by atomic mass is 10.1. The zero-order valence-corrected chi connectivity index (χ0v) is 9.41. The monoisotopic (exact) mass is 291 g/mol.